The number of pyridine rings is 1. The normalized spacial score (nSPS) is 10.7. The standard InChI is InChI=1S/C17H18N4O2/c1-2-21-16-8-4-3-7-14(16)15(20-21)11-19-17(22)12-23-13-6-5-9-18-10-13/h3-10H,2,11-12H2,1H3,(H,19,22). The van der Waals surface area contributed by atoms with Gasteiger partial charge >= 0.3 is 0 Å². The number of ether oxygens (including phenoxy) is 1. The Bertz CT molecular complexity index is 799. The first-order chi connectivity index (χ1) is 11.3. The first-order valence-electron chi connectivity index (χ1n) is 7.52. The Morgan fingerprint density at radius 1 is 1.26 bits per heavy atom. The SMILES string of the molecule is CCn1nc(CNC(=O)COc2cccnc2)c2ccccc21. The molecular formula is C17H18N4O2. The molecular weight excluding hydrogens is 292 g/mol. The molecule has 6 heteroatoms. The van der Waals surface area contributed by atoms with Gasteiger partial charge in [0, 0.05) is 18.1 Å². The van der Waals surface area contributed by atoms with E-state index in [-0.39, 0.29) is 12.5 Å². The lowest BCUT2D eigenvalue weighted by atomic mass is 10.2. The zero-order valence-corrected chi connectivity index (χ0v) is 12.9. The van der Waals surface area contributed by atoms with Crippen LogP contribution in [0.25, 0.3) is 10.9 Å². The predicted octanol–water partition coefficient (Wildman–Crippen LogP) is 2.15. The van der Waals surface area contributed by atoms with Gasteiger partial charge in [0.25, 0.3) is 5.91 Å². The number of rotatable bonds is 6. The molecule has 0 aliphatic heterocycles. The summed E-state index contributed by atoms with van der Waals surface area (Å²) in [7, 11) is 0. The van der Waals surface area contributed by atoms with E-state index < -0.39 is 0 Å². The zero-order chi connectivity index (χ0) is 16.1. The third kappa shape index (κ3) is 3.48. The number of fused-ring (bicyclic) bond motifs is 1. The summed E-state index contributed by atoms with van der Waals surface area (Å²) < 4.78 is 7.30. The topological polar surface area (TPSA) is 69.0 Å². The monoisotopic (exact) mass is 310 g/mol. The molecule has 0 unspecified atom stereocenters. The van der Waals surface area contributed by atoms with Crippen molar-refractivity contribution < 1.29 is 9.53 Å². The minimum atomic E-state index is -0.191. The summed E-state index contributed by atoms with van der Waals surface area (Å²) in [6, 6.07) is 11.5. The molecule has 0 saturated heterocycles. The number of nitrogens with zero attached hydrogens (tertiary/aromatic N) is 3. The summed E-state index contributed by atoms with van der Waals surface area (Å²) in [5, 5.41) is 8.45. The molecule has 0 bridgehead atoms. The number of hydrogen-bond acceptors (Lipinski definition) is 4. The molecule has 1 N–H and O–H groups in total. The first-order valence-corrected chi connectivity index (χ1v) is 7.52. The highest BCUT2D eigenvalue weighted by atomic mass is 16.5. The first kappa shape index (κ1) is 15.0. The highest BCUT2D eigenvalue weighted by Crippen LogP contribution is 2.18. The van der Waals surface area contributed by atoms with Gasteiger partial charge in [0.05, 0.1) is 24.0 Å². The number of benzene rings is 1. The van der Waals surface area contributed by atoms with Crippen LogP contribution in [0.5, 0.6) is 5.75 Å². The van der Waals surface area contributed by atoms with Gasteiger partial charge in [0.2, 0.25) is 0 Å². The molecule has 0 saturated carbocycles. The van der Waals surface area contributed by atoms with Gasteiger partial charge in [-0.1, -0.05) is 18.2 Å². The van der Waals surface area contributed by atoms with Crippen LogP contribution in [-0.4, -0.2) is 27.3 Å². The molecule has 2 heterocycles. The van der Waals surface area contributed by atoms with Crippen molar-refractivity contribution >= 4 is 16.8 Å². The lowest BCUT2D eigenvalue weighted by Crippen LogP contribution is -2.28. The number of amides is 1. The summed E-state index contributed by atoms with van der Waals surface area (Å²) in [6.07, 6.45) is 3.23. The van der Waals surface area contributed by atoms with Crippen LogP contribution in [0, 0.1) is 0 Å². The Kier molecular flexibility index (Phi) is 4.52. The fourth-order valence-corrected chi connectivity index (χ4v) is 2.38. The molecule has 0 spiro atoms. The Balaban J connectivity index is 1.61. The molecule has 118 valence electrons. The molecule has 1 aromatic carbocycles. The number of nitrogens with one attached hydrogen (secondary N) is 1. The summed E-state index contributed by atoms with van der Waals surface area (Å²) >= 11 is 0. The maximum Gasteiger partial charge on any atom is 0.258 e. The van der Waals surface area contributed by atoms with Gasteiger partial charge in [-0.05, 0) is 25.1 Å². The highest BCUT2D eigenvalue weighted by Gasteiger charge is 2.10. The Labute approximate surface area is 134 Å². The molecule has 1 amide bonds. The van der Waals surface area contributed by atoms with Gasteiger partial charge in [-0.25, -0.2) is 0 Å². The van der Waals surface area contributed by atoms with E-state index in [1.54, 1.807) is 24.5 Å². The number of aromatic nitrogens is 3. The van der Waals surface area contributed by atoms with Crippen LogP contribution >= 0.6 is 0 Å². The van der Waals surface area contributed by atoms with Crippen LogP contribution in [0.1, 0.15) is 12.6 Å². The van der Waals surface area contributed by atoms with Gasteiger partial charge in [-0.3, -0.25) is 14.5 Å². The van der Waals surface area contributed by atoms with E-state index in [2.05, 4.69) is 15.4 Å². The molecule has 0 radical (unpaired) electrons. The van der Waals surface area contributed by atoms with Crippen molar-refractivity contribution in [1.29, 1.82) is 0 Å². The van der Waals surface area contributed by atoms with Crippen molar-refractivity contribution in [1.82, 2.24) is 20.1 Å². The molecule has 3 rings (SSSR count). The second-order valence-electron chi connectivity index (χ2n) is 5.03. The van der Waals surface area contributed by atoms with Crippen LogP contribution in [-0.2, 0) is 17.9 Å². The van der Waals surface area contributed by atoms with E-state index in [0.29, 0.717) is 12.3 Å². The lowest BCUT2D eigenvalue weighted by Gasteiger charge is -2.06. The van der Waals surface area contributed by atoms with Crippen LogP contribution in [0.3, 0.4) is 0 Å². The van der Waals surface area contributed by atoms with Gasteiger partial charge in [-0.15, -0.1) is 0 Å². The quantitative estimate of drug-likeness (QED) is 0.757. The summed E-state index contributed by atoms with van der Waals surface area (Å²) in [5.41, 5.74) is 1.93. The van der Waals surface area contributed by atoms with Crippen LogP contribution in [0.15, 0.2) is 48.8 Å². The average Bonchev–Trinajstić information content (AvgIpc) is 2.97. The molecule has 0 fully saturated rings. The van der Waals surface area contributed by atoms with Crippen molar-refractivity contribution in [2.75, 3.05) is 6.61 Å². The molecule has 0 aliphatic carbocycles. The molecule has 6 nitrogen and oxygen atoms in total. The van der Waals surface area contributed by atoms with Crippen LogP contribution in [0.2, 0.25) is 0 Å². The number of carbonyl (C=O) groups excluding carboxylic acids is 1. The molecule has 2 aromatic heterocycles. The summed E-state index contributed by atoms with van der Waals surface area (Å²) in [6.45, 7) is 3.17. The van der Waals surface area contributed by atoms with E-state index >= 15 is 0 Å². The molecule has 0 atom stereocenters. The fraction of sp³-hybridized carbons (Fsp3) is 0.235. The minimum absolute atomic E-state index is 0.0435. The smallest absolute Gasteiger partial charge is 0.258 e. The lowest BCUT2D eigenvalue weighted by molar-refractivity contribution is -0.123. The second kappa shape index (κ2) is 6.91. The Hall–Kier alpha value is -2.89. The van der Waals surface area contributed by atoms with E-state index in [1.807, 2.05) is 35.9 Å². The van der Waals surface area contributed by atoms with Gasteiger partial charge < -0.3 is 10.1 Å². The summed E-state index contributed by atoms with van der Waals surface area (Å²) in [4.78, 5) is 15.8. The maximum atomic E-state index is 11.9. The molecule has 3 aromatic rings. The Morgan fingerprint density at radius 3 is 2.91 bits per heavy atom. The molecule has 0 aliphatic rings. The van der Waals surface area contributed by atoms with Gasteiger partial charge in [0.1, 0.15) is 5.75 Å². The van der Waals surface area contributed by atoms with E-state index in [4.69, 9.17) is 4.74 Å². The minimum Gasteiger partial charge on any atom is -0.482 e. The molecule has 23 heavy (non-hydrogen) atoms. The number of aryl methyl sites for hydroxylation is 1. The van der Waals surface area contributed by atoms with Crippen LogP contribution in [0.4, 0.5) is 0 Å². The van der Waals surface area contributed by atoms with Crippen molar-refractivity contribution in [2.24, 2.45) is 0 Å². The van der Waals surface area contributed by atoms with Crippen LogP contribution < -0.4 is 10.1 Å². The highest BCUT2D eigenvalue weighted by molar-refractivity contribution is 5.83. The van der Waals surface area contributed by atoms with E-state index in [1.165, 1.54) is 0 Å². The van der Waals surface area contributed by atoms with Gasteiger partial charge in [0.15, 0.2) is 6.61 Å². The maximum absolute atomic E-state index is 11.9. The fourth-order valence-electron chi connectivity index (χ4n) is 2.38. The number of hydrogen-bond donors (Lipinski definition) is 1. The number of para-hydroxylation sites is 1. The second-order valence-corrected chi connectivity index (χ2v) is 5.03. The third-order valence-corrected chi connectivity index (χ3v) is 3.49. The van der Waals surface area contributed by atoms with Crippen molar-refractivity contribution in [3.8, 4) is 5.75 Å². The van der Waals surface area contributed by atoms with Crippen molar-refractivity contribution in [2.45, 2.75) is 20.0 Å². The Morgan fingerprint density at radius 2 is 2.13 bits per heavy atom. The predicted molar refractivity (Wildman–Crippen MR) is 87.0 cm³/mol. The average molecular weight is 310 g/mol. The summed E-state index contributed by atoms with van der Waals surface area (Å²) in [5.74, 6) is 0.382. The van der Waals surface area contributed by atoms with Crippen molar-refractivity contribution in [3.63, 3.8) is 0 Å². The number of carbonyl (C=O) groups is 1. The van der Waals surface area contributed by atoms with Gasteiger partial charge in [-0.2, -0.15) is 5.10 Å². The largest absolute Gasteiger partial charge is 0.482 e. The van der Waals surface area contributed by atoms with E-state index in [0.717, 1.165) is 23.1 Å². The van der Waals surface area contributed by atoms with E-state index in [9.17, 15) is 4.79 Å². The zero-order valence-electron chi connectivity index (χ0n) is 12.9. The third-order valence-electron chi connectivity index (χ3n) is 3.49. The van der Waals surface area contributed by atoms with Crippen molar-refractivity contribution in [3.05, 3.63) is 54.5 Å².